The van der Waals surface area contributed by atoms with E-state index >= 15 is 0 Å². The minimum absolute atomic E-state index is 0.251. The molecule has 0 atom stereocenters. The lowest BCUT2D eigenvalue weighted by molar-refractivity contribution is -0.117. The number of carbonyl (C=O) groups excluding carboxylic acids is 2. The summed E-state index contributed by atoms with van der Waals surface area (Å²) in [4.78, 5) is 24.7. The molecular weight excluding hydrogens is 407 g/mol. The molecule has 0 aromatic heterocycles. The van der Waals surface area contributed by atoms with Crippen LogP contribution in [0.3, 0.4) is 0 Å². The van der Waals surface area contributed by atoms with Gasteiger partial charge in [0.05, 0.1) is 13.7 Å². The lowest BCUT2D eigenvalue weighted by atomic mass is 9.69. The van der Waals surface area contributed by atoms with Gasteiger partial charge in [0, 0.05) is 30.6 Å². The number of Topliss-reactive ketones (excluding diaryl/α,β-unsaturated/α-hetero) is 1. The highest BCUT2D eigenvalue weighted by molar-refractivity contribution is 5.94. The molecule has 3 rings (SSSR count). The monoisotopic (exact) mass is 444 g/mol. The van der Waals surface area contributed by atoms with Crippen LogP contribution < -0.4 is 15.4 Å². The molecule has 1 amide bonds. The smallest absolute Gasteiger partial charge is 0.251 e. The fraction of sp³-hybridized carbons (Fsp3) is 0.615. The van der Waals surface area contributed by atoms with Crippen LogP contribution in [0, 0.1) is 17.2 Å². The van der Waals surface area contributed by atoms with Gasteiger partial charge in [-0.2, -0.15) is 0 Å². The van der Waals surface area contributed by atoms with Crippen molar-refractivity contribution in [3.8, 4) is 5.75 Å². The fourth-order valence-corrected chi connectivity index (χ4v) is 4.88. The number of amides is 1. The van der Waals surface area contributed by atoms with Gasteiger partial charge in [0.1, 0.15) is 11.6 Å². The lowest BCUT2D eigenvalue weighted by Gasteiger charge is -2.36. The minimum atomic E-state index is -0.487. The number of hydrogen-bond donors (Lipinski definition) is 2. The molecule has 2 aliphatic rings. The maximum absolute atomic E-state index is 13.6. The number of benzene rings is 1. The van der Waals surface area contributed by atoms with E-state index in [-0.39, 0.29) is 17.3 Å². The van der Waals surface area contributed by atoms with E-state index in [2.05, 4.69) is 30.6 Å². The molecule has 6 heteroatoms. The molecule has 0 bridgehead atoms. The number of nitrogens with one attached hydrogen (secondary N) is 2. The van der Waals surface area contributed by atoms with Crippen LogP contribution in [-0.4, -0.2) is 37.9 Å². The molecule has 1 aromatic carbocycles. The first-order valence-corrected chi connectivity index (χ1v) is 11.8. The molecule has 1 aromatic rings. The Morgan fingerprint density at radius 3 is 2.53 bits per heavy atom. The van der Waals surface area contributed by atoms with E-state index in [0.717, 1.165) is 25.7 Å². The third kappa shape index (κ3) is 7.16. The number of allylic oxidation sites excluding steroid dienone is 2. The van der Waals surface area contributed by atoms with Gasteiger partial charge in [-0.3, -0.25) is 9.59 Å². The van der Waals surface area contributed by atoms with Gasteiger partial charge in [0.15, 0.2) is 5.78 Å². The van der Waals surface area contributed by atoms with E-state index in [0.29, 0.717) is 42.6 Å². The van der Waals surface area contributed by atoms with Crippen molar-refractivity contribution in [2.24, 2.45) is 11.3 Å². The second-order valence-electron chi connectivity index (χ2n) is 9.90. The number of methoxy groups -OCH3 is 1. The third-order valence-electron chi connectivity index (χ3n) is 6.92. The van der Waals surface area contributed by atoms with Crippen LogP contribution in [0.5, 0.6) is 5.75 Å². The Kier molecular flexibility index (Phi) is 8.46. The molecule has 5 nitrogen and oxygen atoms in total. The summed E-state index contributed by atoms with van der Waals surface area (Å²) in [5, 5.41) is 6.35. The molecule has 2 aliphatic carbocycles. The molecule has 2 N–H and O–H groups in total. The minimum Gasteiger partial charge on any atom is -0.497 e. The van der Waals surface area contributed by atoms with E-state index in [4.69, 9.17) is 4.74 Å². The first-order valence-electron chi connectivity index (χ1n) is 11.8. The Balaban J connectivity index is 1.34. The zero-order chi connectivity index (χ0) is 23.1. The summed E-state index contributed by atoms with van der Waals surface area (Å²) in [5.74, 6) is 0.212. The maximum atomic E-state index is 13.6. The van der Waals surface area contributed by atoms with Gasteiger partial charge in [0.2, 0.25) is 0 Å². The normalized spacial score (nSPS) is 22.7. The van der Waals surface area contributed by atoms with Gasteiger partial charge in [-0.15, -0.1) is 0 Å². The summed E-state index contributed by atoms with van der Waals surface area (Å²) in [6.07, 6.45) is 10.6. The largest absolute Gasteiger partial charge is 0.497 e. The van der Waals surface area contributed by atoms with Crippen LogP contribution in [-0.2, 0) is 4.79 Å². The number of rotatable bonds is 10. The maximum Gasteiger partial charge on any atom is 0.251 e. The van der Waals surface area contributed by atoms with Gasteiger partial charge < -0.3 is 15.4 Å². The van der Waals surface area contributed by atoms with Gasteiger partial charge in [-0.05, 0) is 68.9 Å². The van der Waals surface area contributed by atoms with Crippen molar-refractivity contribution < 1.29 is 18.7 Å². The second-order valence-corrected chi connectivity index (χ2v) is 9.90. The van der Waals surface area contributed by atoms with Crippen molar-refractivity contribution in [2.45, 2.75) is 71.3 Å². The average Bonchev–Trinajstić information content (AvgIpc) is 2.75. The molecule has 176 valence electrons. The SMILES string of the molecule is COc1cc(F)cc(C(=O)NCC2CCC(NCC(=O)C/C(C)=C/C3(C)CCC3)CC2)c1. The third-order valence-corrected chi connectivity index (χ3v) is 6.92. The number of halogens is 1. The van der Waals surface area contributed by atoms with Crippen LogP contribution in [0.1, 0.15) is 75.6 Å². The molecule has 32 heavy (non-hydrogen) atoms. The van der Waals surface area contributed by atoms with E-state index in [9.17, 15) is 14.0 Å². The molecule has 0 spiro atoms. The van der Waals surface area contributed by atoms with Crippen molar-refractivity contribution in [3.05, 3.63) is 41.2 Å². The Hall–Kier alpha value is -2.21. The highest BCUT2D eigenvalue weighted by Gasteiger charge is 2.29. The molecule has 0 aliphatic heterocycles. The summed E-state index contributed by atoms with van der Waals surface area (Å²) < 4.78 is 18.6. The lowest BCUT2D eigenvalue weighted by Crippen LogP contribution is -2.39. The summed E-state index contributed by atoms with van der Waals surface area (Å²) in [6.45, 7) is 5.35. The molecule has 2 fully saturated rings. The Morgan fingerprint density at radius 1 is 1.19 bits per heavy atom. The summed E-state index contributed by atoms with van der Waals surface area (Å²) >= 11 is 0. The molecule has 0 saturated heterocycles. The zero-order valence-corrected chi connectivity index (χ0v) is 19.6. The highest BCUT2D eigenvalue weighted by Crippen LogP contribution is 2.42. The first kappa shape index (κ1) is 24.4. The van der Waals surface area contributed by atoms with Crippen molar-refractivity contribution in [2.75, 3.05) is 20.2 Å². The van der Waals surface area contributed by atoms with Crippen molar-refractivity contribution in [3.63, 3.8) is 0 Å². The van der Waals surface area contributed by atoms with Crippen molar-refractivity contribution in [1.82, 2.24) is 10.6 Å². The van der Waals surface area contributed by atoms with Crippen LogP contribution in [0.4, 0.5) is 4.39 Å². The highest BCUT2D eigenvalue weighted by atomic mass is 19.1. The van der Waals surface area contributed by atoms with Gasteiger partial charge in [0.25, 0.3) is 5.91 Å². The standard InChI is InChI=1S/C26H37FN2O3/c1-18(15-26(2)9-4-10-26)11-23(30)17-28-22-7-5-19(6-8-22)16-29-25(31)20-12-21(27)14-24(13-20)32-3/h12-15,19,22,28H,4-11,16-17H2,1-3H3,(H,29,31)/b18-15+. The van der Waals surface area contributed by atoms with Crippen LogP contribution in [0.2, 0.25) is 0 Å². The number of hydrogen-bond acceptors (Lipinski definition) is 4. The quantitative estimate of drug-likeness (QED) is 0.508. The van der Waals surface area contributed by atoms with Crippen LogP contribution in [0.15, 0.2) is 29.8 Å². The van der Waals surface area contributed by atoms with E-state index in [1.807, 2.05) is 0 Å². The van der Waals surface area contributed by atoms with E-state index in [1.54, 1.807) is 6.07 Å². The Bertz CT molecular complexity index is 839. The Morgan fingerprint density at radius 2 is 1.91 bits per heavy atom. The zero-order valence-electron chi connectivity index (χ0n) is 19.6. The number of carbonyl (C=O) groups is 2. The van der Waals surface area contributed by atoms with Gasteiger partial charge in [-0.1, -0.05) is 25.0 Å². The fourth-order valence-electron chi connectivity index (χ4n) is 4.88. The van der Waals surface area contributed by atoms with Crippen LogP contribution in [0.25, 0.3) is 0 Å². The van der Waals surface area contributed by atoms with E-state index in [1.165, 1.54) is 44.1 Å². The molecule has 0 radical (unpaired) electrons. The summed E-state index contributed by atoms with van der Waals surface area (Å²) in [6, 6.07) is 4.37. The number of ketones is 1. The topological polar surface area (TPSA) is 67.4 Å². The molecular formula is C26H37FN2O3. The molecule has 2 saturated carbocycles. The second kappa shape index (κ2) is 11.1. The number of ether oxygens (including phenoxy) is 1. The summed E-state index contributed by atoms with van der Waals surface area (Å²) in [5.41, 5.74) is 1.77. The molecule has 0 heterocycles. The van der Waals surface area contributed by atoms with Gasteiger partial charge >= 0.3 is 0 Å². The Labute approximate surface area is 191 Å². The summed E-state index contributed by atoms with van der Waals surface area (Å²) in [7, 11) is 1.45. The van der Waals surface area contributed by atoms with Crippen LogP contribution >= 0.6 is 0 Å². The van der Waals surface area contributed by atoms with Crippen molar-refractivity contribution in [1.29, 1.82) is 0 Å². The van der Waals surface area contributed by atoms with Gasteiger partial charge in [-0.25, -0.2) is 4.39 Å². The first-order chi connectivity index (χ1) is 15.3. The van der Waals surface area contributed by atoms with E-state index < -0.39 is 5.82 Å². The predicted octanol–water partition coefficient (Wildman–Crippen LogP) is 4.81. The predicted molar refractivity (Wildman–Crippen MR) is 124 cm³/mol. The van der Waals surface area contributed by atoms with Crippen molar-refractivity contribution >= 4 is 11.7 Å². The average molecular weight is 445 g/mol. The molecule has 0 unspecified atom stereocenters.